The molecule has 31 heavy (non-hydrogen) atoms. The zero-order valence-corrected chi connectivity index (χ0v) is 17.6. The van der Waals surface area contributed by atoms with Gasteiger partial charge in [-0.2, -0.15) is 0 Å². The van der Waals surface area contributed by atoms with E-state index in [0.717, 1.165) is 5.56 Å². The Labute approximate surface area is 180 Å². The molecule has 9 heteroatoms. The van der Waals surface area contributed by atoms with Crippen molar-refractivity contribution in [2.75, 3.05) is 25.4 Å². The molecule has 4 rings (SSSR count). The second-order valence-corrected chi connectivity index (χ2v) is 9.70. The Bertz CT molecular complexity index is 1090. The third-order valence-electron chi connectivity index (χ3n) is 5.63. The van der Waals surface area contributed by atoms with Gasteiger partial charge < -0.3 is 15.1 Å². The summed E-state index contributed by atoms with van der Waals surface area (Å²) >= 11 is 0. The Hall–Kier alpha value is -3.20. The topological polar surface area (TPSA) is 104 Å². The number of benzene rings is 2. The van der Waals surface area contributed by atoms with Crippen LogP contribution in [0.15, 0.2) is 65.6 Å². The van der Waals surface area contributed by atoms with E-state index >= 15 is 0 Å². The Morgan fingerprint density at radius 1 is 0.968 bits per heavy atom. The first kappa shape index (κ1) is 21.0. The number of carbonyl (C=O) groups is 3. The summed E-state index contributed by atoms with van der Waals surface area (Å²) in [6.07, 6.45) is 0.395. The van der Waals surface area contributed by atoms with Crippen LogP contribution in [0, 0.1) is 0 Å². The first-order valence-corrected chi connectivity index (χ1v) is 11.7. The fourth-order valence-electron chi connectivity index (χ4n) is 3.98. The van der Waals surface area contributed by atoms with E-state index in [2.05, 4.69) is 5.32 Å². The number of hydrogen-bond donors (Lipinski definition) is 1. The van der Waals surface area contributed by atoms with Crippen LogP contribution in [-0.2, 0) is 30.6 Å². The lowest BCUT2D eigenvalue weighted by Gasteiger charge is -2.45. The van der Waals surface area contributed by atoms with E-state index < -0.39 is 33.6 Å². The van der Waals surface area contributed by atoms with Crippen LogP contribution in [0.3, 0.4) is 0 Å². The average molecular weight is 442 g/mol. The fourth-order valence-corrected chi connectivity index (χ4v) is 5.23. The smallest absolute Gasteiger partial charge is 0.246 e. The van der Waals surface area contributed by atoms with E-state index in [4.69, 9.17) is 0 Å². The largest absolute Gasteiger partial charge is 0.342 e. The highest BCUT2D eigenvalue weighted by molar-refractivity contribution is 7.92. The Morgan fingerprint density at radius 3 is 2.29 bits per heavy atom. The molecule has 0 aromatic heterocycles. The molecule has 0 bridgehead atoms. The van der Waals surface area contributed by atoms with E-state index in [1.54, 1.807) is 18.2 Å². The van der Waals surface area contributed by atoms with Gasteiger partial charge in [-0.1, -0.05) is 48.5 Å². The first-order chi connectivity index (χ1) is 14.8. The van der Waals surface area contributed by atoms with Crippen molar-refractivity contribution in [2.45, 2.75) is 23.4 Å². The number of fused-ring (bicyclic) bond motifs is 1. The molecule has 162 valence electrons. The average Bonchev–Trinajstić information content (AvgIpc) is 2.78. The third-order valence-corrected chi connectivity index (χ3v) is 7.25. The number of carbonyl (C=O) groups excluding carboxylic acids is 3. The summed E-state index contributed by atoms with van der Waals surface area (Å²) in [5, 5.41) is 2.76. The van der Waals surface area contributed by atoms with Gasteiger partial charge in [-0.15, -0.1) is 0 Å². The summed E-state index contributed by atoms with van der Waals surface area (Å²) in [6, 6.07) is 15.8. The SMILES string of the molecule is O=C1N[C@H](Cc2ccccc2)C(=O)N2CCN(C(=O)CS(=O)(=O)c3ccccc3)C[C@@H]12. The number of piperazine rings is 2. The van der Waals surface area contributed by atoms with Crippen LogP contribution < -0.4 is 5.32 Å². The molecule has 8 nitrogen and oxygen atoms in total. The van der Waals surface area contributed by atoms with Crippen LogP contribution >= 0.6 is 0 Å². The predicted octanol–water partition coefficient (Wildman–Crippen LogP) is 0.241. The summed E-state index contributed by atoms with van der Waals surface area (Å²) in [6.45, 7) is 0.370. The number of hydrogen-bond acceptors (Lipinski definition) is 5. The highest BCUT2D eigenvalue weighted by Gasteiger charge is 2.44. The van der Waals surface area contributed by atoms with Crippen LogP contribution in [0.25, 0.3) is 0 Å². The van der Waals surface area contributed by atoms with E-state index in [-0.39, 0.29) is 36.3 Å². The van der Waals surface area contributed by atoms with Crippen molar-refractivity contribution < 1.29 is 22.8 Å². The molecule has 2 aromatic carbocycles. The predicted molar refractivity (Wildman–Crippen MR) is 113 cm³/mol. The fraction of sp³-hybridized carbons (Fsp3) is 0.318. The van der Waals surface area contributed by atoms with Crippen molar-refractivity contribution >= 4 is 27.6 Å². The quantitative estimate of drug-likeness (QED) is 0.716. The lowest BCUT2D eigenvalue weighted by atomic mass is 9.98. The normalized spacial score (nSPS) is 21.4. The van der Waals surface area contributed by atoms with Crippen molar-refractivity contribution in [1.82, 2.24) is 15.1 Å². The molecule has 1 N–H and O–H groups in total. The van der Waals surface area contributed by atoms with Gasteiger partial charge in [0.1, 0.15) is 17.8 Å². The third kappa shape index (κ3) is 4.46. The molecule has 2 aliphatic rings. The molecular weight excluding hydrogens is 418 g/mol. The van der Waals surface area contributed by atoms with E-state index in [9.17, 15) is 22.8 Å². The van der Waals surface area contributed by atoms with Gasteiger partial charge >= 0.3 is 0 Å². The highest BCUT2D eigenvalue weighted by atomic mass is 32.2. The van der Waals surface area contributed by atoms with E-state index in [1.807, 2.05) is 30.3 Å². The van der Waals surface area contributed by atoms with Gasteiger partial charge in [0.05, 0.1) is 11.4 Å². The summed E-state index contributed by atoms with van der Waals surface area (Å²) in [5.41, 5.74) is 0.944. The molecule has 0 spiro atoms. The molecule has 0 saturated carbocycles. The van der Waals surface area contributed by atoms with Gasteiger partial charge in [-0.05, 0) is 17.7 Å². The molecule has 0 radical (unpaired) electrons. The van der Waals surface area contributed by atoms with Crippen molar-refractivity contribution in [3.63, 3.8) is 0 Å². The summed E-state index contributed by atoms with van der Waals surface area (Å²) in [4.78, 5) is 41.2. The monoisotopic (exact) mass is 441 g/mol. The molecule has 0 unspecified atom stereocenters. The Kier molecular flexibility index (Phi) is 5.77. The molecular formula is C22H23N3O5S. The lowest BCUT2D eigenvalue weighted by molar-refractivity contribution is -0.155. The maximum absolute atomic E-state index is 12.9. The number of sulfone groups is 1. The lowest BCUT2D eigenvalue weighted by Crippen LogP contribution is -2.70. The number of nitrogens with zero attached hydrogens (tertiary/aromatic N) is 2. The van der Waals surface area contributed by atoms with Gasteiger partial charge in [0, 0.05) is 19.5 Å². The summed E-state index contributed by atoms with van der Waals surface area (Å²) < 4.78 is 25.0. The second kappa shape index (κ2) is 8.50. The van der Waals surface area contributed by atoms with E-state index in [1.165, 1.54) is 21.9 Å². The van der Waals surface area contributed by atoms with Gasteiger partial charge in [-0.3, -0.25) is 14.4 Å². The van der Waals surface area contributed by atoms with Crippen molar-refractivity contribution in [3.05, 3.63) is 66.2 Å². The zero-order valence-electron chi connectivity index (χ0n) is 16.8. The molecule has 2 fully saturated rings. The van der Waals surface area contributed by atoms with E-state index in [0.29, 0.717) is 6.42 Å². The van der Waals surface area contributed by atoms with Gasteiger partial charge in [0.25, 0.3) is 0 Å². The summed E-state index contributed by atoms with van der Waals surface area (Å²) in [5.74, 6) is -1.76. The molecule has 3 amide bonds. The number of amides is 3. The van der Waals surface area contributed by atoms with Crippen LogP contribution in [0.4, 0.5) is 0 Å². The standard InChI is InChI=1S/C22H23N3O5S/c26-20(15-31(29,30)17-9-5-2-6-10-17)24-11-12-25-19(14-24)21(27)23-18(22(25)28)13-16-7-3-1-4-8-16/h1-10,18-19H,11-15H2,(H,23,27)/t18-,19+/m1/s1. The van der Waals surface area contributed by atoms with Crippen LogP contribution in [0.2, 0.25) is 0 Å². The molecule has 2 aliphatic heterocycles. The molecule has 2 saturated heterocycles. The minimum Gasteiger partial charge on any atom is -0.342 e. The molecule has 2 heterocycles. The van der Waals surface area contributed by atoms with Gasteiger partial charge in [-0.25, -0.2) is 8.42 Å². The van der Waals surface area contributed by atoms with Gasteiger partial charge in [0.2, 0.25) is 17.7 Å². The minimum atomic E-state index is -3.78. The molecule has 2 atom stereocenters. The first-order valence-electron chi connectivity index (χ1n) is 10.1. The van der Waals surface area contributed by atoms with Gasteiger partial charge in [0.15, 0.2) is 9.84 Å². The van der Waals surface area contributed by atoms with Crippen molar-refractivity contribution in [2.24, 2.45) is 0 Å². The number of nitrogens with one attached hydrogen (secondary N) is 1. The summed E-state index contributed by atoms with van der Waals surface area (Å²) in [7, 11) is -3.78. The zero-order chi connectivity index (χ0) is 22.0. The van der Waals surface area contributed by atoms with Crippen molar-refractivity contribution in [1.29, 1.82) is 0 Å². The molecule has 0 aliphatic carbocycles. The minimum absolute atomic E-state index is 0.0151. The maximum Gasteiger partial charge on any atom is 0.246 e. The maximum atomic E-state index is 12.9. The number of rotatable bonds is 5. The second-order valence-electron chi connectivity index (χ2n) is 7.71. The Balaban J connectivity index is 1.42. The highest BCUT2D eigenvalue weighted by Crippen LogP contribution is 2.19. The van der Waals surface area contributed by atoms with Crippen LogP contribution in [0.5, 0.6) is 0 Å². The molecule has 2 aromatic rings. The van der Waals surface area contributed by atoms with Crippen molar-refractivity contribution in [3.8, 4) is 0 Å². The Morgan fingerprint density at radius 2 is 1.61 bits per heavy atom. The van der Waals surface area contributed by atoms with Crippen LogP contribution in [-0.4, -0.2) is 73.4 Å². The van der Waals surface area contributed by atoms with Crippen LogP contribution in [0.1, 0.15) is 5.56 Å².